The van der Waals surface area contributed by atoms with E-state index in [1.165, 1.54) is 17.2 Å². The quantitative estimate of drug-likeness (QED) is 0.777. The Hall–Kier alpha value is -1.85. The van der Waals surface area contributed by atoms with Gasteiger partial charge in [0.25, 0.3) is 0 Å². The van der Waals surface area contributed by atoms with E-state index in [2.05, 4.69) is 26.0 Å². The number of benzene rings is 1. The van der Waals surface area contributed by atoms with Crippen molar-refractivity contribution in [2.75, 3.05) is 7.11 Å². The van der Waals surface area contributed by atoms with E-state index < -0.39 is 18.4 Å². The summed E-state index contributed by atoms with van der Waals surface area (Å²) in [6.45, 7) is 4.61. The van der Waals surface area contributed by atoms with E-state index in [9.17, 15) is 15.0 Å². The van der Waals surface area contributed by atoms with Crippen molar-refractivity contribution in [3.8, 4) is 5.75 Å². The molecular weight excluding hydrogens is 356 g/mol. The van der Waals surface area contributed by atoms with Crippen LogP contribution in [0.1, 0.15) is 57.1 Å². The molecule has 28 heavy (non-hydrogen) atoms. The molecule has 4 rings (SSSR count). The van der Waals surface area contributed by atoms with Crippen molar-refractivity contribution in [3.05, 3.63) is 41.0 Å². The van der Waals surface area contributed by atoms with Gasteiger partial charge in [-0.1, -0.05) is 26.3 Å². The number of aryl methyl sites for hydroxylation is 1. The predicted octanol–water partition coefficient (Wildman–Crippen LogP) is 3.26. The fraction of sp³-hybridized carbons (Fsp3) is 0.609. The first-order valence-corrected chi connectivity index (χ1v) is 10.2. The molecular formula is C23H30O5. The Morgan fingerprint density at radius 3 is 2.79 bits per heavy atom. The SMILES string of the molecule is COc1ccc2c(c1)[C@@]1(C)CCC[C@](C)(CC(O)C3=CC(=O)OC3O)[C@@H]1CC2. The molecule has 2 unspecified atom stereocenters. The molecule has 1 heterocycles. The number of aliphatic hydroxyl groups is 2. The van der Waals surface area contributed by atoms with E-state index >= 15 is 0 Å². The summed E-state index contributed by atoms with van der Waals surface area (Å²) in [7, 11) is 1.70. The molecule has 0 amide bonds. The summed E-state index contributed by atoms with van der Waals surface area (Å²) in [5.41, 5.74) is 3.01. The highest BCUT2D eigenvalue weighted by atomic mass is 16.6. The monoisotopic (exact) mass is 386 g/mol. The van der Waals surface area contributed by atoms with Crippen LogP contribution >= 0.6 is 0 Å². The summed E-state index contributed by atoms with van der Waals surface area (Å²) in [6.07, 6.45) is 4.91. The second kappa shape index (κ2) is 6.89. The van der Waals surface area contributed by atoms with Crippen LogP contribution in [0, 0.1) is 11.3 Å². The maximum absolute atomic E-state index is 11.4. The van der Waals surface area contributed by atoms with Crippen LogP contribution in [0.3, 0.4) is 0 Å². The average Bonchev–Trinajstić information content (AvgIpc) is 2.99. The third-order valence-electron chi connectivity index (χ3n) is 7.53. The first-order chi connectivity index (χ1) is 13.3. The number of methoxy groups -OCH3 is 1. The number of carbonyl (C=O) groups is 1. The number of carbonyl (C=O) groups excluding carboxylic acids is 1. The van der Waals surface area contributed by atoms with E-state index in [0.717, 1.165) is 37.9 Å². The van der Waals surface area contributed by atoms with E-state index in [0.29, 0.717) is 12.3 Å². The Kier molecular flexibility index (Phi) is 4.79. The van der Waals surface area contributed by atoms with E-state index in [1.54, 1.807) is 7.11 Å². The van der Waals surface area contributed by atoms with Crippen LogP contribution in [0.4, 0.5) is 0 Å². The summed E-state index contributed by atoms with van der Waals surface area (Å²) in [5, 5.41) is 20.8. The number of hydrogen-bond acceptors (Lipinski definition) is 5. The standard InChI is InChI=1S/C23H30O5/c1-22(13-18(24)16-12-20(25)28-21(16)26)9-4-10-23(2)17-11-15(27-3)7-5-14(17)6-8-19(22)23/h5,7,11-12,18-19,21,24,26H,4,6,8-10,13H2,1-3H3/t18?,19-,21?,22+,23+/m0/s1. The lowest BCUT2D eigenvalue weighted by atomic mass is 9.48. The molecule has 5 atom stereocenters. The van der Waals surface area contributed by atoms with E-state index in [4.69, 9.17) is 9.47 Å². The lowest BCUT2D eigenvalue weighted by molar-refractivity contribution is -0.152. The Morgan fingerprint density at radius 1 is 1.32 bits per heavy atom. The number of cyclic esters (lactones) is 1. The minimum Gasteiger partial charge on any atom is -0.497 e. The fourth-order valence-electron chi connectivity index (χ4n) is 6.18. The molecule has 2 aliphatic carbocycles. The molecule has 1 fully saturated rings. The van der Waals surface area contributed by atoms with Gasteiger partial charge in [-0.05, 0) is 72.1 Å². The first-order valence-electron chi connectivity index (χ1n) is 10.2. The lowest BCUT2D eigenvalue weighted by Crippen LogP contribution is -2.50. The van der Waals surface area contributed by atoms with E-state index in [1.807, 2.05) is 6.07 Å². The van der Waals surface area contributed by atoms with Crippen molar-refractivity contribution in [1.29, 1.82) is 0 Å². The molecule has 0 bridgehead atoms. The van der Waals surface area contributed by atoms with Crippen LogP contribution in [-0.4, -0.2) is 35.7 Å². The van der Waals surface area contributed by atoms with Crippen LogP contribution in [0.2, 0.25) is 0 Å². The summed E-state index contributed by atoms with van der Waals surface area (Å²) in [4.78, 5) is 11.4. The summed E-state index contributed by atoms with van der Waals surface area (Å²) in [6, 6.07) is 6.43. The topological polar surface area (TPSA) is 76.0 Å². The normalized spacial score (nSPS) is 35.5. The zero-order valence-electron chi connectivity index (χ0n) is 16.9. The van der Waals surface area contributed by atoms with Crippen LogP contribution in [0.15, 0.2) is 29.8 Å². The van der Waals surface area contributed by atoms with Gasteiger partial charge in [-0.3, -0.25) is 0 Å². The second-order valence-corrected chi connectivity index (χ2v) is 9.19. The summed E-state index contributed by atoms with van der Waals surface area (Å²) >= 11 is 0. The molecule has 0 spiro atoms. The van der Waals surface area contributed by atoms with Gasteiger partial charge in [0.15, 0.2) is 0 Å². The maximum Gasteiger partial charge on any atom is 0.333 e. The highest BCUT2D eigenvalue weighted by Gasteiger charge is 2.52. The van der Waals surface area contributed by atoms with Crippen LogP contribution in [0.5, 0.6) is 5.75 Å². The van der Waals surface area contributed by atoms with E-state index in [-0.39, 0.29) is 16.4 Å². The highest BCUT2D eigenvalue weighted by Crippen LogP contribution is 2.59. The van der Waals surface area contributed by atoms with Crippen molar-refractivity contribution in [1.82, 2.24) is 0 Å². The molecule has 0 radical (unpaired) electrons. The minimum absolute atomic E-state index is 0.0316. The average molecular weight is 386 g/mol. The number of fused-ring (bicyclic) bond motifs is 3. The molecule has 1 saturated carbocycles. The van der Waals surface area contributed by atoms with Gasteiger partial charge in [0, 0.05) is 11.6 Å². The van der Waals surface area contributed by atoms with Gasteiger partial charge in [-0.2, -0.15) is 0 Å². The van der Waals surface area contributed by atoms with Crippen molar-refractivity contribution in [3.63, 3.8) is 0 Å². The van der Waals surface area contributed by atoms with Crippen LogP contribution in [0.25, 0.3) is 0 Å². The van der Waals surface area contributed by atoms with Crippen LogP contribution < -0.4 is 4.74 Å². The number of esters is 1. The molecule has 5 nitrogen and oxygen atoms in total. The number of ether oxygens (including phenoxy) is 2. The smallest absolute Gasteiger partial charge is 0.333 e. The second-order valence-electron chi connectivity index (χ2n) is 9.19. The fourth-order valence-corrected chi connectivity index (χ4v) is 6.18. The Morgan fingerprint density at radius 2 is 2.11 bits per heavy atom. The van der Waals surface area contributed by atoms with Gasteiger partial charge in [-0.15, -0.1) is 0 Å². The van der Waals surface area contributed by atoms with Gasteiger partial charge in [0.2, 0.25) is 6.29 Å². The van der Waals surface area contributed by atoms with Crippen molar-refractivity contribution in [2.24, 2.45) is 11.3 Å². The lowest BCUT2D eigenvalue weighted by Gasteiger charge is -2.56. The highest BCUT2D eigenvalue weighted by molar-refractivity contribution is 5.85. The molecule has 3 aliphatic rings. The first kappa shape index (κ1) is 19.5. The van der Waals surface area contributed by atoms with Crippen LogP contribution in [-0.2, 0) is 21.4 Å². The molecule has 0 aromatic heterocycles. The molecule has 1 aromatic carbocycles. The largest absolute Gasteiger partial charge is 0.497 e. The summed E-state index contributed by atoms with van der Waals surface area (Å²) in [5.74, 6) is 0.723. The third-order valence-corrected chi connectivity index (χ3v) is 7.53. The van der Waals surface area contributed by atoms with Gasteiger partial charge in [0.05, 0.1) is 13.2 Å². The van der Waals surface area contributed by atoms with Crippen molar-refractivity contribution < 1.29 is 24.5 Å². The molecule has 5 heteroatoms. The minimum atomic E-state index is -1.32. The van der Waals surface area contributed by atoms with Crippen molar-refractivity contribution in [2.45, 2.75) is 70.2 Å². The molecule has 152 valence electrons. The zero-order chi connectivity index (χ0) is 20.1. The Labute approximate surface area is 166 Å². The maximum atomic E-state index is 11.4. The molecule has 1 aromatic rings. The molecule has 2 N–H and O–H groups in total. The Balaban J connectivity index is 1.65. The predicted molar refractivity (Wildman–Crippen MR) is 105 cm³/mol. The van der Waals surface area contributed by atoms with Gasteiger partial charge >= 0.3 is 5.97 Å². The Bertz CT molecular complexity index is 815. The van der Waals surface area contributed by atoms with Gasteiger partial charge in [0.1, 0.15) is 5.75 Å². The third kappa shape index (κ3) is 3.05. The number of rotatable bonds is 4. The number of hydrogen-bond donors (Lipinski definition) is 2. The van der Waals surface area contributed by atoms with Gasteiger partial charge < -0.3 is 19.7 Å². The molecule has 0 saturated heterocycles. The van der Waals surface area contributed by atoms with Gasteiger partial charge in [-0.25, -0.2) is 4.79 Å². The summed E-state index contributed by atoms with van der Waals surface area (Å²) < 4.78 is 10.3. The number of aliphatic hydroxyl groups excluding tert-OH is 2. The van der Waals surface area contributed by atoms with Crippen molar-refractivity contribution >= 4 is 5.97 Å². The zero-order valence-corrected chi connectivity index (χ0v) is 16.9. The molecule has 1 aliphatic heterocycles.